The number of rotatable bonds is 5. The van der Waals surface area contributed by atoms with Crippen molar-refractivity contribution in [2.75, 3.05) is 11.9 Å². The van der Waals surface area contributed by atoms with Crippen molar-refractivity contribution in [3.63, 3.8) is 0 Å². The lowest BCUT2D eigenvalue weighted by molar-refractivity contribution is 0.102. The number of carbonyl (C=O) groups is 1. The molecule has 0 saturated carbocycles. The first-order valence-electron chi connectivity index (χ1n) is 7.52. The Kier molecular flexibility index (Phi) is 4.82. The topological polar surface area (TPSA) is 67.0 Å². The molecule has 0 radical (unpaired) electrons. The van der Waals surface area contributed by atoms with Crippen LogP contribution in [0.5, 0.6) is 5.75 Å². The van der Waals surface area contributed by atoms with E-state index in [0.717, 1.165) is 5.56 Å². The van der Waals surface area contributed by atoms with Gasteiger partial charge in [0.1, 0.15) is 11.4 Å². The molecule has 0 aliphatic rings. The van der Waals surface area contributed by atoms with Crippen molar-refractivity contribution >= 4 is 23.2 Å². The zero-order valence-electron chi connectivity index (χ0n) is 13.0. The van der Waals surface area contributed by atoms with Crippen LogP contribution < -0.4 is 10.1 Å². The largest absolute Gasteiger partial charge is 0.492 e. The van der Waals surface area contributed by atoms with E-state index in [1.165, 1.54) is 0 Å². The lowest BCUT2D eigenvalue weighted by atomic mass is 10.1. The zero-order chi connectivity index (χ0) is 16.9. The third-order valence-corrected chi connectivity index (χ3v) is 3.65. The number of nitrogens with zero attached hydrogens (tertiary/aromatic N) is 1. The molecule has 2 N–H and O–H groups in total. The molecule has 5 nitrogen and oxygen atoms in total. The van der Waals surface area contributed by atoms with E-state index in [2.05, 4.69) is 15.5 Å². The summed E-state index contributed by atoms with van der Waals surface area (Å²) >= 11 is 5.88. The molecule has 2 aromatic carbocycles. The van der Waals surface area contributed by atoms with Crippen LogP contribution in [-0.2, 0) is 0 Å². The van der Waals surface area contributed by atoms with Crippen LogP contribution in [0.2, 0.25) is 5.02 Å². The van der Waals surface area contributed by atoms with Gasteiger partial charge in [0.25, 0.3) is 5.91 Å². The Hall–Kier alpha value is -2.79. The number of para-hydroxylation sites is 2. The number of benzene rings is 2. The Morgan fingerprint density at radius 3 is 2.71 bits per heavy atom. The molecule has 1 heterocycles. The quantitative estimate of drug-likeness (QED) is 0.723. The smallest absolute Gasteiger partial charge is 0.273 e. The van der Waals surface area contributed by atoms with Gasteiger partial charge in [-0.05, 0) is 37.3 Å². The Labute approximate surface area is 144 Å². The first kappa shape index (κ1) is 16.1. The lowest BCUT2D eigenvalue weighted by Gasteiger charge is -2.10. The highest BCUT2D eigenvalue weighted by Crippen LogP contribution is 2.25. The molecule has 1 amide bonds. The fourth-order valence-electron chi connectivity index (χ4n) is 2.25. The molecule has 0 fully saturated rings. The maximum atomic E-state index is 12.4. The summed E-state index contributed by atoms with van der Waals surface area (Å²) in [5, 5.41) is 10.4. The summed E-state index contributed by atoms with van der Waals surface area (Å²) in [5.74, 6) is 0.348. The number of nitrogens with one attached hydrogen (secondary N) is 2. The predicted octanol–water partition coefficient (Wildman–Crippen LogP) is 4.38. The molecule has 0 spiro atoms. The second-order valence-electron chi connectivity index (χ2n) is 5.06. The van der Waals surface area contributed by atoms with Crippen LogP contribution in [0.25, 0.3) is 11.3 Å². The van der Waals surface area contributed by atoms with Gasteiger partial charge in [-0.15, -0.1) is 0 Å². The van der Waals surface area contributed by atoms with E-state index < -0.39 is 0 Å². The average molecular weight is 342 g/mol. The van der Waals surface area contributed by atoms with E-state index >= 15 is 0 Å². The van der Waals surface area contributed by atoms with Gasteiger partial charge in [-0.1, -0.05) is 35.9 Å². The van der Waals surface area contributed by atoms with Gasteiger partial charge in [0, 0.05) is 10.6 Å². The first-order valence-corrected chi connectivity index (χ1v) is 7.89. The first-order chi connectivity index (χ1) is 11.7. The van der Waals surface area contributed by atoms with E-state index in [1.807, 2.05) is 37.3 Å². The van der Waals surface area contributed by atoms with Crippen LogP contribution in [-0.4, -0.2) is 22.7 Å². The van der Waals surface area contributed by atoms with E-state index in [-0.39, 0.29) is 5.91 Å². The molecule has 0 bridgehead atoms. The number of aromatic amines is 1. The Morgan fingerprint density at radius 2 is 1.96 bits per heavy atom. The number of carbonyl (C=O) groups excluding carboxylic acids is 1. The average Bonchev–Trinajstić information content (AvgIpc) is 3.08. The standard InChI is InChI=1S/C18H16ClN3O2/c1-2-24-17-6-4-3-5-14(17)20-18(23)16-11-15(21-22-16)12-7-9-13(19)10-8-12/h3-11H,2H2,1H3,(H,20,23)(H,21,22). The highest BCUT2D eigenvalue weighted by atomic mass is 35.5. The van der Waals surface area contributed by atoms with Gasteiger partial charge in [0.15, 0.2) is 0 Å². The predicted molar refractivity (Wildman–Crippen MR) is 94.6 cm³/mol. The molecule has 0 saturated heterocycles. The Balaban J connectivity index is 1.78. The minimum atomic E-state index is -0.283. The van der Waals surface area contributed by atoms with Gasteiger partial charge in [-0.2, -0.15) is 5.10 Å². The summed E-state index contributed by atoms with van der Waals surface area (Å²) in [5.41, 5.74) is 2.54. The summed E-state index contributed by atoms with van der Waals surface area (Å²) in [7, 11) is 0. The summed E-state index contributed by atoms with van der Waals surface area (Å²) in [6, 6.07) is 16.3. The lowest BCUT2D eigenvalue weighted by Crippen LogP contribution is -2.13. The molecular formula is C18H16ClN3O2. The molecule has 6 heteroatoms. The second-order valence-corrected chi connectivity index (χ2v) is 5.49. The van der Waals surface area contributed by atoms with Crippen molar-refractivity contribution in [1.82, 2.24) is 10.2 Å². The fraction of sp³-hybridized carbons (Fsp3) is 0.111. The number of halogens is 1. The summed E-state index contributed by atoms with van der Waals surface area (Å²) in [6.07, 6.45) is 0. The summed E-state index contributed by atoms with van der Waals surface area (Å²) in [6.45, 7) is 2.42. The number of amides is 1. The molecule has 3 rings (SSSR count). The molecule has 0 aliphatic heterocycles. The Morgan fingerprint density at radius 1 is 1.21 bits per heavy atom. The number of hydrogen-bond donors (Lipinski definition) is 2. The molecule has 1 aromatic heterocycles. The van der Waals surface area contributed by atoms with Crippen LogP contribution in [0.3, 0.4) is 0 Å². The molecule has 24 heavy (non-hydrogen) atoms. The molecule has 3 aromatic rings. The molecular weight excluding hydrogens is 326 g/mol. The highest BCUT2D eigenvalue weighted by Gasteiger charge is 2.13. The van der Waals surface area contributed by atoms with Crippen molar-refractivity contribution in [3.8, 4) is 17.0 Å². The van der Waals surface area contributed by atoms with Gasteiger partial charge in [0.05, 0.1) is 18.0 Å². The van der Waals surface area contributed by atoms with Gasteiger partial charge >= 0.3 is 0 Å². The van der Waals surface area contributed by atoms with Gasteiger partial charge < -0.3 is 10.1 Å². The van der Waals surface area contributed by atoms with Crippen LogP contribution in [0.1, 0.15) is 17.4 Å². The number of ether oxygens (including phenoxy) is 1. The molecule has 0 atom stereocenters. The van der Waals surface area contributed by atoms with E-state index in [9.17, 15) is 4.79 Å². The zero-order valence-corrected chi connectivity index (χ0v) is 13.8. The summed E-state index contributed by atoms with van der Waals surface area (Å²) < 4.78 is 5.51. The van der Waals surface area contributed by atoms with Crippen molar-refractivity contribution in [2.24, 2.45) is 0 Å². The van der Waals surface area contributed by atoms with E-state index in [4.69, 9.17) is 16.3 Å². The van der Waals surface area contributed by atoms with Crippen LogP contribution in [0, 0.1) is 0 Å². The summed E-state index contributed by atoms with van der Waals surface area (Å²) in [4.78, 5) is 12.4. The normalized spacial score (nSPS) is 10.4. The van der Waals surface area contributed by atoms with Gasteiger partial charge in [-0.25, -0.2) is 0 Å². The maximum absolute atomic E-state index is 12.4. The fourth-order valence-corrected chi connectivity index (χ4v) is 2.37. The molecule has 122 valence electrons. The molecule has 0 aliphatic carbocycles. The van der Waals surface area contributed by atoms with Crippen molar-refractivity contribution in [3.05, 3.63) is 65.3 Å². The van der Waals surface area contributed by atoms with Crippen LogP contribution in [0.15, 0.2) is 54.6 Å². The van der Waals surface area contributed by atoms with Crippen molar-refractivity contribution in [2.45, 2.75) is 6.92 Å². The highest BCUT2D eigenvalue weighted by molar-refractivity contribution is 6.30. The van der Waals surface area contributed by atoms with Crippen LogP contribution in [0.4, 0.5) is 5.69 Å². The third kappa shape index (κ3) is 3.58. The second kappa shape index (κ2) is 7.19. The number of H-pyrrole nitrogens is 1. The number of anilines is 1. The third-order valence-electron chi connectivity index (χ3n) is 3.40. The minimum absolute atomic E-state index is 0.283. The van der Waals surface area contributed by atoms with Crippen molar-refractivity contribution < 1.29 is 9.53 Å². The van der Waals surface area contributed by atoms with Gasteiger partial charge in [0.2, 0.25) is 0 Å². The Bertz CT molecular complexity index is 843. The molecule has 0 unspecified atom stereocenters. The monoisotopic (exact) mass is 341 g/mol. The SMILES string of the molecule is CCOc1ccccc1NC(=O)c1cc(-c2ccc(Cl)cc2)n[nH]1. The maximum Gasteiger partial charge on any atom is 0.273 e. The number of hydrogen-bond acceptors (Lipinski definition) is 3. The number of aromatic nitrogens is 2. The van der Waals surface area contributed by atoms with Crippen molar-refractivity contribution in [1.29, 1.82) is 0 Å². The van der Waals surface area contributed by atoms with E-state index in [1.54, 1.807) is 24.3 Å². The van der Waals surface area contributed by atoms with Gasteiger partial charge in [-0.3, -0.25) is 9.89 Å². The minimum Gasteiger partial charge on any atom is -0.492 e. The van der Waals surface area contributed by atoms with E-state index in [0.29, 0.717) is 34.5 Å². The van der Waals surface area contributed by atoms with Crippen LogP contribution >= 0.6 is 11.6 Å².